The van der Waals surface area contributed by atoms with E-state index >= 15 is 0 Å². The van der Waals surface area contributed by atoms with Crippen LogP contribution >= 0.6 is 23.2 Å². The Labute approximate surface area is 75.5 Å². The quantitative estimate of drug-likeness (QED) is 0.458. The van der Waals surface area contributed by atoms with Crippen LogP contribution in [0, 0.1) is 0 Å². The number of rotatable bonds is 1. The van der Waals surface area contributed by atoms with E-state index in [1.165, 1.54) is 12.8 Å². The second-order valence-corrected chi connectivity index (χ2v) is 3.61. The van der Waals surface area contributed by atoms with Crippen molar-refractivity contribution >= 4 is 29.4 Å². The van der Waals surface area contributed by atoms with E-state index in [0.29, 0.717) is 11.1 Å². The van der Waals surface area contributed by atoms with Gasteiger partial charge in [0.1, 0.15) is 0 Å². The van der Waals surface area contributed by atoms with Crippen molar-refractivity contribution in [2.45, 2.75) is 24.5 Å². The summed E-state index contributed by atoms with van der Waals surface area (Å²) in [7, 11) is 0. The molecule has 1 unspecified atom stereocenters. The number of halogens is 2. The SMILES string of the molecule is ClC1=CN(C2CC2)C(Cl)N=C1. The Kier molecular flexibility index (Phi) is 1.81. The molecule has 1 atom stereocenters. The first-order chi connectivity index (χ1) is 5.27. The third-order valence-electron chi connectivity index (χ3n) is 1.81. The Balaban J connectivity index is 2.12. The maximum Gasteiger partial charge on any atom is 0.197 e. The van der Waals surface area contributed by atoms with E-state index in [2.05, 4.69) is 4.99 Å². The van der Waals surface area contributed by atoms with Gasteiger partial charge in [0.25, 0.3) is 0 Å². The molecule has 1 aliphatic heterocycles. The molecule has 0 bridgehead atoms. The Bertz CT molecular complexity index is 220. The molecule has 0 radical (unpaired) electrons. The fraction of sp³-hybridized carbons (Fsp3) is 0.571. The maximum atomic E-state index is 5.91. The molecular weight excluding hydrogens is 183 g/mol. The molecule has 0 amide bonds. The zero-order valence-electron chi connectivity index (χ0n) is 5.87. The fourth-order valence-corrected chi connectivity index (χ4v) is 1.54. The number of nitrogens with zero attached hydrogens (tertiary/aromatic N) is 2. The standard InChI is InChI=1S/C7H8Cl2N2/c8-5-3-10-7(9)11(4-5)6-1-2-6/h3-4,6-7H,1-2H2. The molecule has 1 saturated carbocycles. The van der Waals surface area contributed by atoms with Crippen molar-refractivity contribution < 1.29 is 0 Å². The molecule has 1 aliphatic carbocycles. The van der Waals surface area contributed by atoms with Gasteiger partial charge >= 0.3 is 0 Å². The van der Waals surface area contributed by atoms with Gasteiger partial charge in [-0.15, -0.1) is 0 Å². The number of aliphatic imine (C=N–C) groups is 1. The molecule has 60 valence electrons. The van der Waals surface area contributed by atoms with Crippen molar-refractivity contribution in [1.29, 1.82) is 0 Å². The summed E-state index contributed by atoms with van der Waals surface area (Å²) in [4.78, 5) is 6.02. The number of allylic oxidation sites excluding steroid dienone is 1. The van der Waals surface area contributed by atoms with Gasteiger partial charge in [-0.05, 0) is 12.8 Å². The van der Waals surface area contributed by atoms with E-state index < -0.39 is 0 Å². The summed E-state index contributed by atoms with van der Waals surface area (Å²) in [6, 6.07) is 0.573. The van der Waals surface area contributed by atoms with E-state index in [-0.39, 0.29) is 5.62 Å². The summed E-state index contributed by atoms with van der Waals surface area (Å²) in [5.74, 6) is 0. The lowest BCUT2D eigenvalue weighted by molar-refractivity contribution is 0.342. The van der Waals surface area contributed by atoms with E-state index in [1.807, 2.05) is 11.1 Å². The summed E-state index contributed by atoms with van der Waals surface area (Å²) >= 11 is 11.7. The topological polar surface area (TPSA) is 15.6 Å². The minimum Gasteiger partial charge on any atom is -0.339 e. The summed E-state index contributed by atoms with van der Waals surface area (Å²) < 4.78 is 0. The minimum atomic E-state index is -0.245. The van der Waals surface area contributed by atoms with Crippen LogP contribution < -0.4 is 0 Å². The van der Waals surface area contributed by atoms with Crippen LogP contribution in [-0.4, -0.2) is 22.8 Å². The third-order valence-corrected chi connectivity index (χ3v) is 2.34. The first-order valence-corrected chi connectivity index (χ1v) is 4.41. The molecule has 1 fully saturated rings. The van der Waals surface area contributed by atoms with E-state index in [4.69, 9.17) is 23.2 Å². The third kappa shape index (κ3) is 1.52. The van der Waals surface area contributed by atoms with Gasteiger partial charge in [-0.1, -0.05) is 23.2 Å². The molecule has 2 nitrogen and oxygen atoms in total. The number of alkyl halides is 1. The monoisotopic (exact) mass is 190 g/mol. The molecular formula is C7H8Cl2N2. The highest BCUT2D eigenvalue weighted by Crippen LogP contribution is 2.32. The Morgan fingerprint density at radius 2 is 2.27 bits per heavy atom. The first-order valence-electron chi connectivity index (χ1n) is 3.59. The van der Waals surface area contributed by atoms with Gasteiger partial charge in [-0.25, -0.2) is 0 Å². The Hall–Kier alpha value is -0.210. The highest BCUT2D eigenvalue weighted by molar-refractivity contribution is 6.39. The van der Waals surface area contributed by atoms with E-state index in [0.717, 1.165) is 0 Å². The zero-order valence-corrected chi connectivity index (χ0v) is 7.39. The van der Waals surface area contributed by atoms with Gasteiger partial charge in [0.2, 0.25) is 0 Å². The van der Waals surface area contributed by atoms with E-state index in [1.54, 1.807) is 6.21 Å². The smallest absolute Gasteiger partial charge is 0.197 e. The van der Waals surface area contributed by atoms with Crippen molar-refractivity contribution in [2.75, 3.05) is 0 Å². The summed E-state index contributed by atoms with van der Waals surface area (Å²) in [6.07, 6.45) is 5.88. The summed E-state index contributed by atoms with van der Waals surface area (Å²) in [5.41, 5.74) is -0.245. The molecule has 2 rings (SSSR count). The van der Waals surface area contributed by atoms with Crippen molar-refractivity contribution in [3.63, 3.8) is 0 Å². The van der Waals surface area contributed by atoms with Gasteiger partial charge in [0.15, 0.2) is 5.62 Å². The van der Waals surface area contributed by atoms with Crippen LogP contribution in [0.2, 0.25) is 0 Å². The molecule has 11 heavy (non-hydrogen) atoms. The molecule has 0 spiro atoms. The van der Waals surface area contributed by atoms with Crippen LogP contribution in [0.15, 0.2) is 16.2 Å². The van der Waals surface area contributed by atoms with Gasteiger partial charge in [-0.3, -0.25) is 4.99 Å². The Morgan fingerprint density at radius 3 is 2.91 bits per heavy atom. The summed E-state index contributed by atoms with van der Waals surface area (Å²) in [6.45, 7) is 0. The van der Waals surface area contributed by atoms with Gasteiger partial charge in [0.05, 0.1) is 5.03 Å². The molecule has 1 heterocycles. The summed E-state index contributed by atoms with van der Waals surface area (Å²) in [5, 5.41) is 0.661. The second-order valence-electron chi connectivity index (χ2n) is 2.78. The number of hydrogen-bond donors (Lipinski definition) is 0. The minimum absolute atomic E-state index is 0.245. The molecule has 0 aromatic carbocycles. The molecule has 4 heteroatoms. The fourth-order valence-electron chi connectivity index (χ4n) is 1.10. The van der Waals surface area contributed by atoms with Crippen molar-refractivity contribution in [2.24, 2.45) is 4.99 Å². The second kappa shape index (κ2) is 2.68. The van der Waals surface area contributed by atoms with Crippen molar-refractivity contribution in [3.05, 3.63) is 11.2 Å². The lowest BCUT2D eigenvalue weighted by Crippen LogP contribution is -2.29. The molecule has 0 N–H and O–H groups in total. The van der Waals surface area contributed by atoms with Crippen LogP contribution in [0.5, 0.6) is 0 Å². The largest absolute Gasteiger partial charge is 0.339 e. The first kappa shape index (κ1) is 7.44. The molecule has 0 aromatic rings. The normalized spacial score (nSPS) is 30.5. The lowest BCUT2D eigenvalue weighted by Gasteiger charge is -2.25. The predicted molar refractivity (Wildman–Crippen MR) is 46.9 cm³/mol. The van der Waals surface area contributed by atoms with Crippen LogP contribution in [0.4, 0.5) is 0 Å². The molecule has 2 aliphatic rings. The lowest BCUT2D eigenvalue weighted by atomic mass is 10.5. The van der Waals surface area contributed by atoms with Crippen LogP contribution in [0.25, 0.3) is 0 Å². The average molecular weight is 191 g/mol. The van der Waals surface area contributed by atoms with Gasteiger partial charge < -0.3 is 4.90 Å². The molecule has 0 aromatic heterocycles. The van der Waals surface area contributed by atoms with Crippen molar-refractivity contribution in [1.82, 2.24) is 4.90 Å². The highest BCUT2D eigenvalue weighted by atomic mass is 35.5. The van der Waals surface area contributed by atoms with Crippen molar-refractivity contribution in [3.8, 4) is 0 Å². The van der Waals surface area contributed by atoms with Crippen LogP contribution in [-0.2, 0) is 0 Å². The zero-order chi connectivity index (χ0) is 7.84. The maximum absolute atomic E-state index is 5.91. The van der Waals surface area contributed by atoms with Crippen LogP contribution in [0.1, 0.15) is 12.8 Å². The van der Waals surface area contributed by atoms with Gasteiger partial charge in [0, 0.05) is 18.5 Å². The highest BCUT2D eigenvalue weighted by Gasteiger charge is 2.32. The Morgan fingerprint density at radius 1 is 1.55 bits per heavy atom. The molecule has 0 saturated heterocycles. The van der Waals surface area contributed by atoms with Gasteiger partial charge in [-0.2, -0.15) is 0 Å². The average Bonchev–Trinajstić information content (AvgIpc) is 2.76. The van der Waals surface area contributed by atoms with E-state index in [9.17, 15) is 0 Å². The van der Waals surface area contributed by atoms with Crippen LogP contribution in [0.3, 0.4) is 0 Å². The predicted octanol–water partition coefficient (Wildman–Crippen LogP) is 2.14. The number of hydrogen-bond acceptors (Lipinski definition) is 2.